The van der Waals surface area contributed by atoms with Gasteiger partial charge >= 0.3 is 6.18 Å². The Morgan fingerprint density at radius 2 is 1.96 bits per heavy atom. The first-order valence-corrected chi connectivity index (χ1v) is 9.43. The van der Waals surface area contributed by atoms with E-state index >= 15 is 0 Å². The maximum Gasteiger partial charge on any atom is 0.453 e. The van der Waals surface area contributed by atoms with Crippen molar-refractivity contribution in [1.82, 2.24) is 24.5 Å². The Labute approximate surface area is 144 Å². The predicted molar refractivity (Wildman–Crippen MR) is 84.3 cm³/mol. The third kappa shape index (κ3) is 3.96. The number of sulfonamides is 1. The maximum atomic E-state index is 12.7. The van der Waals surface area contributed by atoms with E-state index in [2.05, 4.69) is 20.0 Å². The Hall–Kier alpha value is -2.05. The molecule has 25 heavy (non-hydrogen) atoms. The molecule has 0 spiro atoms. The summed E-state index contributed by atoms with van der Waals surface area (Å²) in [5, 5.41) is 10.3. The fraction of sp³-hybridized carbons (Fsp3) is 0.308. The van der Waals surface area contributed by atoms with Crippen molar-refractivity contribution in [2.24, 2.45) is 0 Å². The molecular formula is C13H12F3N5O2S2. The molecule has 12 heteroatoms. The molecule has 0 amide bonds. The molecule has 0 aliphatic rings. The summed E-state index contributed by atoms with van der Waals surface area (Å²) in [7, 11) is -3.67. The fourth-order valence-electron chi connectivity index (χ4n) is 2.10. The van der Waals surface area contributed by atoms with Crippen LogP contribution in [0.3, 0.4) is 0 Å². The molecule has 0 radical (unpaired) electrons. The third-order valence-electron chi connectivity index (χ3n) is 3.34. The van der Waals surface area contributed by atoms with Gasteiger partial charge in [-0.3, -0.25) is 0 Å². The molecule has 2 heterocycles. The molecule has 0 saturated heterocycles. The molecule has 0 aliphatic carbocycles. The second-order valence-electron chi connectivity index (χ2n) is 5.22. The van der Waals surface area contributed by atoms with E-state index in [1.165, 1.54) is 0 Å². The van der Waals surface area contributed by atoms with Crippen LogP contribution in [-0.2, 0) is 28.5 Å². The number of alkyl halides is 3. The van der Waals surface area contributed by atoms with Crippen molar-refractivity contribution >= 4 is 26.3 Å². The molecule has 0 bridgehead atoms. The average molecular weight is 391 g/mol. The summed E-state index contributed by atoms with van der Waals surface area (Å²) in [6.45, 7) is 1.58. The number of aryl methyl sites for hydroxylation is 1. The van der Waals surface area contributed by atoms with Crippen LogP contribution in [0, 0.1) is 6.92 Å². The van der Waals surface area contributed by atoms with Gasteiger partial charge in [0.1, 0.15) is 5.01 Å². The number of hydrogen-bond acceptors (Lipinski definition) is 6. The van der Waals surface area contributed by atoms with Crippen LogP contribution in [0.1, 0.15) is 22.0 Å². The topological polar surface area (TPSA) is 89.2 Å². The van der Waals surface area contributed by atoms with Crippen LogP contribution in [0.15, 0.2) is 24.3 Å². The smallest absolute Gasteiger partial charge is 0.212 e. The molecule has 0 atom stereocenters. The van der Waals surface area contributed by atoms with Gasteiger partial charge in [0.2, 0.25) is 15.0 Å². The van der Waals surface area contributed by atoms with Crippen molar-refractivity contribution in [1.29, 1.82) is 0 Å². The highest BCUT2D eigenvalue weighted by Crippen LogP contribution is 2.28. The zero-order valence-corrected chi connectivity index (χ0v) is 14.4. The van der Waals surface area contributed by atoms with Crippen molar-refractivity contribution in [3.63, 3.8) is 0 Å². The number of nitrogens with one attached hydrogen (secondary N) is 1. The van der Waals surface area contributed by atoms with Gasteiger partial charge in [0.05, 0.1) is 12.3 Å². The molecule has 3 aromatic rings. The highest BCUT2D eigenvalue weighted by molar-refractivity contribution is 7.88. The Kier molecular flexibility index (Phi) is 4.51. The van der Waals surface area contributed by atoms with E-state index in [4.69, 9.17) is 0 Å². The van der Waals surface area contributed by atoms with Crippen molar-refractivity contribution in [3.05, 3.63) is 46.2 Å². The molecule has 0 fully saturated rings. The summed E-state index contributed by atoms with van der Waals surface area (Å²) in [6, 6.07) is 7.04. The van der Waals surface area contributed by atoms with E-state index in [1.54, 1.807) is 31.2 Å². The molecule has 2 aromatic heterocycles. The molecular weight excluding hydrogens is 379 g/mol. The number of halogens is 3. The number of benzene rings is 1. The summed E-state index contributed by atoms with van der Waals surface area (Å²) >= 11 is 0.836. The van der Waals surface area contributed by atoms with Crippen LogP contribution in [0.5, 0.6) is 0 Å². The van der Waals surface area contributed by atoms with Crippen molar-refractivity contribution in [2.45, 2.75) is 25.4 Å². The summed E-state index contributed by atoms with van der Waals surface area (Å²) in [4.78, 5) is -0.0552. The quantitative estimate of drug-likeness (QED) is 0.720. The number of nitrogens with zero attached hydrogens (tertiary/aromatic N) is 4. The zero-order chi connectivity index (χ0) is 18.2. The largest absolute Gasteiger partial charge is 0.453 e. The Bertz CT molecular complexity index is 1010. The fourth-order valence-corrected chi connectivity index (χ4v) is 4.16. The van der Waals surface area contributed by atoms with Gasteiger partial charge < -0.3 is 0 Å². The van der Waals surface area contributed by atoms with Gasteiger partial charge in [-0.1, -0.05) is 35.6 Å². The van der Waals surface area contributed by atoms with Gasteiger partial charge in [-0.05, 0) is 18.1 Å². The highest BCUT2D eigenvalue weighted by atomic mass is 32.2. The van der Waals surface area contributed by atoms with Gasteiger partial charge in [-0.25, -0.2) is 13.1 Å². The van der Waals surface area contributed by atoms with Gasteiger partial charge in [-0.15, -0.1) is 10.2 Å². The first kappa shape index (κ1) is 17.8. The van der Waals surface area contributed by atoms with E-state index in [1.807, 2.05) is 0 Å². The van der Waals surface area contributed by atoms with E-state index in [0.717, 1.165) is 16.9 Å². The maximum absolute atomic E-state index is 12.7. The van der Waals surface area contributed by atoms with E-state index in [-0.39, 0.29) is 22.3 Å². The normalized spacial score (nSPS) is 12.8. The standard InChI is InChI=1S/C13H12F3N5O2S2/c1-8-4-2-3-5-9(8)7-25(22,23)17-6-10-20-21-11(13(14,15)16)18-19-12(21)24-10/h2-5,17H,6-7H2,1H3. The number of fused-ring (bicyclic) bond motifs is 1. The minimum atomic E-state index is -4.69. The first-order chi connectivity index (χ1) is 11.7. The Morgan fingerprint density at radius 1 is 1.24 bits per heavy atom. The van der Waals surface area contributed by atoms with E-state index in [9.17, 15) is 21.6 Å². The lowest BCUT2D eigenvalue weighted by Crippen LogP contribution is -2.25. The van der Waals surface area contributed by atoms with Crippen LogP contribution < -0.4 is 4.72 Å². The zero-order valence-electron chi connectivity index (χ0n) is 12.8. The molecule has 0 saturated carbocycles. The molecule has 7 nitrogen and oxygen atoms in total. The molecule has 1 N–H and O–H groups in total. The van der Waals surface area contributed by atoms with E-state index in [0.29, 0.717) is 10.1 Å². The van der Waals surface area contributed by atoms with Gasteiger partial charge in [0, 0.05) is 0 Å². The molecule has 1 aromatic carbocycles. The van der Waals surface area contributed by atoms with E-state index < -0.39 is 22.0 Å². The molecule has 0 aliphatic heterocycles. The lowest BCUT2D eigenvalue weighted by molar-refractivity contribution is -0.146. The van der Waals surface area contributed by atoms with Crippen LogP contribution >= 0.6 is 11.3 Å². The molecule has 134 valence electrons. The SMILES string of the molecule is Cc1ccccc1CS(=O)(=O)NCc1nn2c(C(F)(F)F)nnc2s1. The average Bonchev–Trinajstić information content (AvgIpc) is 3.06. The minimum Gasteiger partial charge on any atom is -0.212 e. The number of rotatable bonds is 5. The highest BCUT2D eigenvalue weighted by Gasteiger charge is 2.38. The van der Waals surface area contributed by atoms with Crippen molar-refractivity contribution in [2.75, 3.05) is 0 Å². The number of aromatic nitrogens is 4. The Balaban J connectivity index is 1.74. The van der Waals surface area contributed by atoms with Crippen LogP contribution in [0.2, 0.25) is 0 Å². The summed E-state index contributed by atoms with van der Waals surface area (Å²) < 4.78 is 65.5. The van der Waals surface area contributed by atoms with Gasteiger partial charge in [0.15, 0.2) is 0 Å². The number of hydrogen-bond donors (Lipinski definition) is 1. The predicted octanol–water partition coefficient (Wildman–Crippen LogP) is 2.13. The van der Waals surface area contributed by atoms with Crippen molar-refractivity contribution in [3.8, 4) is 0 Å². The lowest BCUT2D eigenvalue weighted by atomic mass is 10.1. The minimum absolute atomic E-state index is 0.0552. The van der Waals surface area contributed by atoms with Crippen molar-refractivity contribution < 1.29 is 21.6 Å². The second-order valence-corrected chi connectivity index (χ2v) is 8.07. The third-order valence-corrected chi connectivity index (χ3v) is 5.51. The van der Waals surface area contributed by atoms with Crippen LogP contribution in [0.25, 0.3) is 4.96 Å². The summed E-state index contributed by atoms with van der Waals surface area (Å²) in [5.41, 5.74) is 1.48. The summed E-state index contributed by atoms with van der Waals surface area (Å²) in [5.74, 6) is -1.47. The Morgan fingerprint density at radius 3 is 2.64 bits per heavy atom. The van der Waals surface area contributed by atoms with Gasteiger partial charge in [-0.2, -0.15) is 22.8 Å². The van der Waals surface area contributed by atoms with Gasteiger partial charge in [0.25, 0.3) is 5.82 Å². The monoisotopic (exact) mass is 391 g/mol. The first-order valence-electron chi connectivity index (χ1n) is 6.96. The lowest BCUT2D eigenvalue weighted by Gasteiger charge is -2.07. The van der Waals surface area contributed by atoms with Crippen LogP contribution in [0.4, 0.5) is 13.2 Å². The summed E-state index contributed by atoms with van der Waals surface area (Å²) in [6.07, 6.45) is -4.69. The molecule has 3 rings (SSSR count). The van der Waals surface area contributed by atoms with Crippen LogP contribution in [-0.4, -0.2) is 28.2 Å². The second kappa shape index (κ2) is 6.35. The molecule has 0 unspecified atom stereocenters.